The molecular weight excluding hydrogens is 364 g/mol. The van der Waals surface area contributed by atoms with Gasteiger partial charge < -0.3 is 0 Å². The lowest BCUT2D eigenvalue weighted by molar-refractivity contribution is 0.108. The predicted octanol–water partition coefficient (Wildman–Crippen LogP) is 5.70. The van der Waals surface area contributed by atoms with Crippen molar-refractivity contribution in [3.8, 4) is 0 Å². The smallest absolute Gasteiger partial charge is 0.224 e. The number of hydrogen-bond donors (Lipinski definition) is 0. The van der Waals surface area contributed by atoms with Crippen molar-refractivity contribution in [3.05, 3.63) is 80.3 Å². The Bertz CT molecular complexity index is 678. The third-order valence-corrected chi connectivity index (χ3v) is 8.16. The topological polar surface area (TPSA) is 34.1 Å². The van der Waals surface area contributed by atoms with Crippen LogP contribution in [0.2, 0.25) is 0 Å². The standard InChI is InChI=1S/C17H12O2S4/c18-14(12-7-3-1-4-8-12)22-16-17(21-11-20-16)23-15(19)13-9-5-2-6-10-13/h1-10H,11H2. The summed E-state index contributed by atoms with van der Waals surface area (Å²) >= 11 is 5.68. The molecular formula is C17H12O2S4. The fraction of sp³-hybridized carbons (Fsp3) is 0.0588. The molecule has 1 aliphatic heterocycles. The van der Waals surface area contributed by atoms with E-state index in [1.54, 1.807) is 23.5 Å². The maximum atomic E-state index is 12.3. The Morgan fingerprint density at radius 2 is 1.09 bits per heavy atom. The molecule has 0 saturated heterocycles. The van der Waals surface area contributed by atoms with Gasteiger partial charge in [-0.15, -0.1) is 23.5 Å². The summed E-state index contributed by atoms with van der Waals surface area (Å²) < 4.78 is 1.86. The van der Waals surface area contributed by atoms with Gasteiger partial charge in [0.15, 0.2) is 0 Å². The Balaban J connectivity index is 1.71. The second-order valence-electron chi connectivity index (χ2n) is 4.49. The monoisotopic (exact) mass is 376 g/mol. The van der Waals surface area contributed by atoms with Crippen molar-refractivity contribution in [2.75, 3.05) is 5.08 Å². The molecule has 2 aromatic rings. The van der Waals surface area contributed by atoms with E-state index in [1.807, 2.05) is 60.7 Å². The van der Waals surface area contributed by atoms with E-state index < -0.39 is 0 Å². The lowest BCUT2D eigenvalue weighted by Gasteiger charge is -2.04. The van der Waals surface area contributed by atoms with E-state index in [4.69, 9.17) is 0 Å². The highest BCUT2D eigenvalue weighted by molar-refractivity contribution is 8.41. The summed E-state index contributed by atoms with van der Waals surface area (Å²) in [6.07, 6.45) is 0. The van der Waals surface area contributed by atoms with Crippen LogP contribution in [0.5, 0.6) is 0 Å². The van der Waals surface area contributed by atoms with E-state index >= 15 is 0 Å². The number of benzene rings is 2. The Morgan fingerprint density at radius 3 is 1.48 bits per heavy atom. The number of carbonyl (C=O) groups excluding carboxylic acids is 2. The second-order valence-corrected chi connectivity index (χ2v) is 9.31. The van der Waals surface area contributed by atoms with Crippen LogP contribution in [-0.4, -0.2) is 15.3 Å². The third kappa shape index (κ3) is 4.47. The minimum Gasteiger partial charge on any atom is -0.281 e. The van der Waals surface area contributed by atoms with Crippen LogP contribution in [0.1, 0.15) is 20.7 Å². The fourth-order valence-electron chi connectivity index (χ4n) is 1.83. The number of rotatable bonds is 4. The molecule has 1 heterocycles. The molecule has 1 aliphatic rings. The second kappa shape index (κ2) is 8.15. The highest BCUT2D eigenvalue weighted by atomic mass is 32.3. The first kappa shape index (κ1) is 16.8. The Morgan fingerprint density at radius 1 is 0.696 bits per heavy atom. The number of hydrogen-bond acceptors (Lipinski definition) is 6. The van der Waals surface area contributed by atoms with Gasteiger partial charge in [-0.05, 0) is 23.5 Å². The lowest BCUT2D eigenvalue weighted by Crippen LogP contribution is -1.94. The predicted molar refractivity (Wildman–Crippen MR) is 104 cm³/mol. The van der Waals surface area contributed by atoms with Crippen molar-refractivity contribution in [2.24, 2.45) is 0 Å². The molecule has 0 saturated carbocycles. The summed E-state index contributed by atoms with van der Waals surface area (Å²) in [5.74, 6) is 0. The zero-order valence-corrected chi connectivity index (χ0v) is 15.2. The summed E-state index contributed by atoms with van der Waals surface area (Å²) in [7, 11) is 0. The molecule has 0 N–H and O–H groups in total. The van der Waals surface area contributed by atoms with Gasteiger partial charge in [0.1, 0.15) is 0 Å². The van der Waals surface area contributed by atoms with Crippen LogP contribution in [0.3, 0.4) is 0 Å². The molecule has 2 aromatic carbocycles. The van der Waals surface area contributed by atoms with Gasteiger partial charge >= 0.3 is 0 Å². The molecule has 0 aliphatic carbocycles. The van der Waals surface area contributed by atoms with Crippen molar-refractivity contribution >= 4 is 57.3 Å². The molecule has 23 heavy (non-hydrogen) atoms. The minimum absolute atomic E-state index is 0.0147. The van der Waals surface area contributed by atoms with Crippen LogP contribution in [0.25, 0.3) is 0 Å². The van der Waals surface area contributed by atoms with Crippen molar-refractivity contribution in [1.82, 2.24) is 0 Å². The summed E-state index contributed by atoms with van der Waals surface area (Å²) in [5.41, 5.74) is 1.36. The molecule has 0 fully saturated rings. The number of carbonyl (C=O) groups is 2. The Kier molecular flexibility index (Phi) is 5.94. The molecule has 3 rings (SSSR count). The van der Waals surface area contributed by atoms with Gasteiger partial charge in [0.25, 0.3) is 0 Å². The molecule has 2 nitrogen and oxygen atoms in total. The maximum Gasteiger partial charge on any atom is 0.224 e. The van der Waals surface area contributed by atoms with Crippen LogP contribution in [0.15, 0.2) is 69.1 Å². The van der Waals surface area contributed by atoms with Crippen molar-refractivity contribution in [3.63, 3.8) is 0 Å². The maximum absolute atomic E-state index is 12.3. The third-order valence-electron chi connectivity index (χ3n) is 2.94. The van der Waals surface area contributed by atoms with Crippen LogP contribution in [-0.2, 0) is 0 Å². The van der Waals surface area contributed by atoms with E-state index in [0.29, 0.717) is 11.1 Å². The molecule has 6 heteroatoms. The minimum atomic E-state index is 0.0147. The molecule has 0 amide bonds. The van der Waals surface area contributed by atoms with Crippen molar-refractivity contribution in [2.45, 2.75) is 0 Å². The van der Waals surface area contributed by atoms with Gasteiger partial charge in [-0.3, -0.25) is 9.59 Å². The van der Waals surface area contributed by atoms with Gasteiger partial charge in [0.05, 0.1) is 8.47 Å². The van der Waals surface area contributed by atoms with Crippen LogP contribution in [0.4, 0.5) is 0 Å². The molecule has 0 radical (unpaired) electrons. The van der Waals surface area contributed by atoms with E-state index in [2.05, 4.69) is 0 Å². The fourth-order valence-corrected chi connectivity index (χ4v) is 7.17. The molecule has 0 unspecified atom stereocenters. The molecule has 116 valence electrons. The quantitative estimate of drug-likeness (QED) is 0.681. The van der Waals surface area contributed by atoms with Gasteiger partial charge in [-0.2, -0.15) is 0 Å². The SMILES string of the molecule is O=C(SC1=C(SC(=O)c2ccccc2)SCS1)c1ccccc1. The molecule has 0 spiro atoms. The zero-order chi connectivity index (χ0) is 16.1. The average molecular weight is 377 g/mol. The first-order valence-corrected chi connectivity index (χ1v) is 10.4. The van der Waals surface area contributed by atoms with Crippen molar-refractivity contribution in [1.29, 1.82) is 0 Å². The van der Waals surface area contributed by atoms with Gasteiger partial charge in [-0.25, -0.2) is 0 Å². The van der Waals surface area contributed by atoms with Crippen LogP contribution in [0, 0.1) is 0 Å². The van der Waals surface area contributed by atoms with Crippen LogP contribution >= 0.6 is 47.0 Å². The van der Waals surface area contributed by atoms with E-state index in [0.717, 1.165) is 13.6 Å². The van der Waals surface area contributed by atoms with E-state index in [9.17, 15) is 9.59 Å². The highest BCUT2D eigenvalue weighted by Gasteiger charge is 2.23. The summed E-state index contributed by atoms with van der Waals surface area (Å²) in [6.45, 7) is 0. The normalized spacial score (nSPS) is 14.1. The Hall–Kier alpha value is -1.08. The Labute approximate surface area is 151 Å². The number of thioether (sulfide) groups is 4. The highest BCUT2D eigenvalue weighted by Crippen LogP contribution is 2.51. The average Bonchev–Trinajstić information content (AvgIpc) is 3.03. The molecule has 0 atom stereocenters. The van der Waals surface area contributed by atoms with Gasteiger partial charge in [-0.1, -0.05) is 60.7 Å². The molecule has 0 aromatic heterocycles. The van der Waals surface area contributed by atoms with Gasteiger partial charge in [0.2, 0.25) is 10.2 Å². The van der Waals surface area contributed by atoms with E-state index in [-0.39, 0.29) is 10.2 Å². The van der Waals surface area contributed by atoms with Gasteiger partial charge in [0, 0.05) is 16.2 Å². The van der Waals surface area contributed by atoms with E-state index in [1.165, 1.54) is 23.5 Å². The van der Waals surface area contributed by atoms with Crippen LogP contribution < -0.4 is 0 Å². The van der Waals surface area contributed by atoms with Crippen molar-refractivity contribution < 1.29 is 9.59 Å². The first-order valence-electron chi connectivity index (χ1n) is 6.78. The zero-order valence-electron chi connectivity index (χ0n) is 11.9. The molecule has 0 bridgehead atoms. The summed E-state index contributed by atoms with van der Waals surface area (Å²) in [5, 5.41) is 0.871. The summed E-state index contributed by atoms with van der Waals surface area (Å²) in [4.78, 5) is 24.6. The first-order chi connectivity index (χ1) is 11.2. The summed E-state index contributed by atoms with van der Waals surface area (Å²) in [6, 6.07) is 18.4. The largest absolute Gasteiger partial charge is 0.281 e. The lowest BCUT2D eigenvalue weighted by atomic mass is 10.2.